The van der Waals surface area contributed by atoms with Crippen molar-refractivity contribution in [2.75, 3.05) is 31.1 Å². The van der Waals surface area contributed by atoms with Crippen LogP contribution in [-0.2, 0) is 9.59 Å². The molecule has 4 rings (SSSR count). The van der Waals surface area contributed by atoms with Crippen LogP contribution in [0.3, 0.4) is 0 Å². The summed E-state index contributed by atoms with van der Waals surface area (Å²) in [5.74, 6) is -0.484. The summed E-state index contributed by atoms with van der Waals surface area (Å²) in [6.07, 6.45) is 1.22. The van der Waals surface area contributed by atoms with E-state index in [0.717, 1.165) is 11.3 Å². The van der Waals surface area contributed by atoms with E-state index >= 15 is 0 Å². The van der Waals surface area contributed by atoms with Crippen LogP contribution in [0.4, 0.5) is 10.1 Å². The molecule has 1 aliphatic heterocycles. The highest BCUT2D eigenvalue weighted by molar-refractivity contribution is 6.08. The van der Waals surface area contributed by atoms with Gasteiger partial charge in [-0.1, -0.05) is 30.3 Å². The molecule has 0 radical (unpaired) electrons. The number of benzene rings is 2. The molecule has 29 heavy (non-hydrogen) atoms. The van der Waals surface area contributed by atoms with Crippen molar-refractivity contribution in [1.82, 2.24) is 10.2 Å². The second-order valence-corrected chi connectivity index (χ2v) is 7.94. The molecule has 2 fully saturated rings. The van der Waals surface area contributed by atoms with Gasteiger partial charge in [0.2, 0.25) is 11.8 Å². The van der Waals surface area contributed by atoms with Gasteiger partial charge >= 0.3 is 0 Å². The molecule has 0 spiro atoms. The summed E-state index contributed by atoms with van der Waals surface area (Å²) in [7, 11) is 0. The van der Waals surface area contributed by atoms with E-state index in [4.69, 9.17) is 0 Å². The van der Waals surface area contributed by atoms with Crippen molar-refractivity contribution in [3.63, 3.8) is 0 Å². The third-order valence-corrected chi connectivity index (χ3v) is 6.00. The zero-order chi connectivity index (χ0) is 20.4. The van der Waals surface area contributed by atoms with Crippen LogP contribution >= 0.6 is 0 Å². The molecule has 1 saturated heterocycles. The van der Waals surface area contributed by atoms with Gasteiger partial charge in [-0.05, 0) is 49.6 Å². The highest BCUT2D eigenvalue weighted by Gasteiger charge is 2.58. The minimum Gasteiger partial charge on any atom is -0.368 e. The number of carbonyl (C=O) groups is 2. The molecule has 1 N–H and O–H groups in total. The van der Waals surface area contributed by atoms with Crippen molar-refractivity contribution in [1.29, 1.82) is 0 Å². The standard InChI is InChI=1S/C23H26FN3O2/c1-17(18-5-3-2-4-6-18)25-21(28)23(11-12-23)22(29)27-15-13-26(14-16-27)20-9-7-19(24)8-10-20/h2-10,17H,11-16H2,1H3,(H,25,28). The lowest BCUT2D eigenvalue weighted by atomic mass is 10.0. The molecule has 1 unspecified atom stereocenters. The Morgan fingerprint density at radius 3 is 2.17 bits per heavy atom. The average Bonchev–Trinajstić information content (AvgIpc) is 3.57. The summed E-state index contributed by atoms with van der Waals surface area (Å²) in [4.78, 5) is 30.0. The largest absolute Gasteiger partial charge is 0.368 e. The number of rotatable bonds is 5. The molecule has 1 heterocycles. The summed E-state index contributed by atoms with van der Waals surface area (Å²) >= 11 is 0. The monoisotopic (exact) mass is 395 g/mol. The molecule has 1 atom stereocenters. The van der Waals surface area contributed by atoms with E-state index < -0.39 is 5.41 Å². The van der Waals surface area contributed by atoms with Crippen molar-refractivity contribution in [2.24, 2.45) is 5.41 Å². The smallest absolute Gasteiger partial charge is 0.238 e. The van der Waals surface area contributed by atoms with Crippen molar-refractivity contribution in [3.8, 4) is 0 Å². The lowest BCUT2D eigenvalue weighted by Gasteiger charge is -2.37. The van der Waals surface area contributed by atoms with Gasteiger partial charge in [-0.2, -0.15) is 0 Å². The van der Waals surface area contributed by atoms with Gasteiger partial charge in [0.05, 0.1) is 6.04 Å². The molecule has 1 aliphatic carbocycles. The molecular weight excluding hydrogens is 369 g/mol. The fourth-order valence-corrected chi connectivity index (χ4v) is 3.95. The van der Waals surface area contributed by atoms with Gasteiger partial charge in [-0.25, -0.2) is 4.39 Å². The van der Waals surface area contributed by atoms with Crippen LogP contribution in [0.2, 0.25) is 0 Å². The number of nitrogens with one attached hydrogen (secondary N) is 1. The first-order valence-electron chi connectivity index (χ1n) is 10.2. The number of piperazine rings is 1. The van der Waals surface area contributed by atoms with Crippen LogP contribution in [0.5, 0.6) is 0 Å². The maximum atomic E-state index is 13.1. The van der Waals surface area contributed by atoms with Gasteiger partial charge < -0.3 is 15.1 Å². The Balaban J connectivity index is 1.35. The second kappa shape index (κ2) is 7.85. The van der Waals surface area contributed by atoms with E-state index in [9.17, 15) is 14.0 Å². The van der Waals surface area contributed by atoms with E-state index in [0.29, 0.717) is 39.0 Å². The fraction of sp³-hybridized carbons (Fsp3) is 0.391. The van der Waals surface area contributed by atoms with Crippen molar-refractivity contribution in [3.05, 3.63) is 66.0 Å². The SMILES string of the molecule is CC(NC(=O)C1(C(=O)N2CCN(c3ccc(F)cc3)CC2)CC1)c1ccccc1. The van der Waals surface area contributed by atoms with Crippen molar-refractivity contribution >= 4 is 17.5 Å². The lowest BCUT2D eigenvalue weighted by Crippen LogP contribution is -2.53. The highest BCUT2D eigenvalue weighted by atomic mass is 19.1. The average molecular weight is 395 g/mol. The van der Waals surface area contributed by atoms with Gasteiger partial charge in [0.25, 0.3) is 0 Å². The summed E-state index contributed by atoms with van der Waals surface area (Å²) < 4.78 is 13.1. The predicted octanol–water partition coefficient (Wildman–Crippen LogP) is 3.13. The molecule has 2 aliphatic rings. The van der Waals surface area contributed by atoms with E-state index in [1.165, 1.54) is 12.1 Å². The van der Waals surface area contributed by atoms with Crippen LogP contribution in [-0.4, -0.2) is 42.9 Å². The summed E-state index contributed by atoms with van der Waals surface area (Å²) in [6.45, 7) is 4.43. The number of carbonyl (C=O) groups excluding carboxylic acids is 2. The number of hydrogen-bond acceptors (Lipinski definition) is 3. The summed E-state index contributed by atoms with van der Waals surface area (Å²) in [5, 5.41) is 3.03. The zero-order valence-electron chi connectivity index (χ0n) is 16.6. The molecule has 2 aromatic carbocycles. The zero-order valence-corrected chi connectivity index (χ0v) is 16.6. The number of amides is 2. The van der Waals surface area contributed by atoms with Crippen LogP contribution in [0, 0.1) is 11.2 Å². The van der Waals surface area contributed by atoms with Gasteiger partial charge in [-0.3, -0.25) is 9.59 Å². The van der Waals surface area contributed by atoms with E-state index in [2.05, 4.69) is 10.2 Å². The maximum absolute atomic E-state index is 13.1. The molecule has 6 heteroatoms. The Kier molecular flexibility index (Phi) is 5.26. The van der Waals surface area contributed by atoms with Crippen molar-refractivity contribution < 1.29 is 14.0 Å². The minimum absolute atomic E-state index is 0.0611. The minimum atomic E-state index is -0.902. The fourth-order valence-electron chi connectivity index (χ4n) is 3.95. The number of hydrogen-bond donors (Lipinski definition) is 1. The van der Waals surface area contributed by atoms with Crippen LogP contribution < -0.4 is 10.2 Å². The second-order valence-electron chi connectivity index (χ2n) is 7.94. The normalized spacial score (nSPS) is 18.8. The molecule has 0 bridgehead atoms. The molecule has 2 amide bonds. The Bertz CT molecular complexity index is 873. The van der Waals surface area contributed by atoms with Gasteiger partial charge in [0, 0.05) is 31.9 Å². The van der Waals surface area contributed by atoms with Gasteiger partial charge in [0.1, 0.15) is 11.2 Å². The lowest BCUT2D eigenvalue weighted by molar-refractivity contribution is -0.144. The molecule has 5 nitrogen and oxygen atoms in total. The Labute approximate surface area is 170 Å². The Hall–Kier alpha value is -2.89. The number of anilines is 1. The van der Waals surface area contributed by atoms with E-state index in [-0.39, 0.29) is 23.7 Å². The maximum Gasteiger partial charge on any atom is 0.238 e. The van der Waals surface area contributed by atoms with Gasteiger partial charge in [-0.15, -0.1) is 0 Å². The van der Waals surface area contributed by atoms with Crippen LogP contribution in [0.1, 0.15) is 31.4 Å². The third-order valence-electron chi connectivity index (χ3n) is 6.00. The first kappa shape index (κ1) is 19.4. The van der Waals surface area contributed by atoms with Gasteiger partial charge in [0.15, 0.2) is 0 Å². The molecule has 2 aromatic rings. The molecule has 1 saturated carbocycles. The third kappa shape index (κ3) is 3.97. The predicted molar refractivity (Wildman–Crippen MR) is 110 cm³/mol. The van der Waals surface area contributed by atoms with Crippen molar-refractivity contribution in [2.45, 2.75) is 25.8 Å². The van der Waals surface area contributed by atoms with E-state index in [1.807, 2.05) is 37.3 Å². The molecule has 152 valence electrons. The summed E-state index contributed by atoms with van der Waals surface area (Å²) in [6, 6.07) is 16.0. The molecular formula is C23H26FN3O2. The quantitative estimate of drug-likeness (QED) is 0.792. The first-order valence-corrected chi connectivity index (χ1v) is 10.2. The Morgan fingerprint density at radius 1 is 0.966 bits per heavy atom. The van der Waals surface area contributed by atoms with E-state index in [1.54, 1.807) is 17.0 Å². The van der Waals surface area contributed by atoms with Crippen LogP contribution in [0.15, 0.2) is 54.6 Å². The topological polar surface area (TPSA) is 52.7 Å². The number of nitrogens with zero attached hydrogens (tertiary/aromatic N) is 2. The number of halogens is 1. The first-order chi connectivity index (χ1) is 14.0. The van der Waals surface area contributed by atoms with Crippen LogP contribution in [0.25, 0.3) is 0 Å². The highest BCUT2D eigenvalue weighted by Crippen LogP contribution is 2.48. The Morgan fingerprint density at radius 2 is 1.59 bits per heavy atom. The summed E-state index contributed by atoms with van der Waals surface area (Å²) in [5.41, 5.74) is 1.08. The molecule has 0 aromatic heterocycles.